The third kappa shape index (κ3) is 3.29. The van der Waals surface area contributed by atoms with Crippen LogP contribution in [0.2, 0.25) is 0 Å². The fourth-order valence-electron chi connectivity index (χ4n) is 1.63. The molecule has 0 unspecified atom stereocenters. The number of hydrogen-bond acceptors (Lipinski definition) is 1. The highest BCUT2D eigenvalue weighted by molar-refractivity contribution is 9.10. The molecule has 0 aliphatic heterocycles. The van der Waals surface area contributed by atoms with Crippen molar-refractivity contribution in [2.75, 3.05) is 0 Å². The van der Waals surface area contributed by atoms with Crippen molar-refractivity contribution in [1.82, 2.24) is 0 Å². The van der Waals surface area contributed by atoms with Crippen molar-refractivity contribution < 1.29 is 13.5 Å². The SMILES string of the molecule is Cc1cc(F)ccc1OCc1cc(F)cc(Br)c1. The van der Waals surface area contributed by atoms with Crippen molar-refractivity contribution in [3.05, 3.63) is 63.6 Å². The van der Waals surface area contributed by atoms with Gasteiger partial charge in [-0.05, 0) is 54.4 Å². The van der Waals surface area contributed by atoms with Gasteiger partial charge in [-0.15, -0.1) is 0 Å². The Morgan fingerprint density at radius 1 is 1.06 bits per heavy atom. The molecule has 0 saturated carbocycles. The lowest BCUT2D eigenvalue weighted by molar-refractivity contribution is 0.303. The Morgan fingerprint density at radius 3 is 2.50 bits per heavy atom. The van der Waals surface area contributed by atoms with E-state index in [1.54, 1.807) is 19.1 Å². The number of benzene rings is 2. The van der Waals surface area contributed by atoms with Gasteiger partial charge >= 0.3 is 0 Å². The van der Waals surface area contributed by atoms with E-state index >= 15 is 0 Å². The van der Waals surface area contributed by atoms with Crippen LogP contribution < -0.4 is 4.74 Å². The van der Waals surface area contributed by atoms with Crippen molar-refractivity contribution in [2.45, 2.75) is 13.5 Å². The zero-order valence-electron chi connectivity index (χ0n) is 9.71. The van der Waals surface area contributed by atoms with E-state index in [4.69, 9.17) is 4.74 Å². The zero-order chi connectivity index (χ0) is 13.1. The molecule has 0 saturated heterocycles. The molecule has 0 heterocycles. The van der Waals surface area contributed by atoms with Gasteiger partial charge in [0.2, 0.25) is 0 Å². The second kappa shape index (κ2) is 5.48. The second-order valence-electron chi connectivity index (χ2n) is 3.98. The summed E-state index contributed by atoms with van der Waals surface area (Å²) in [6.07, 6.45) is 0. The molecule has 0 atom stereocenters. The molecule has 4 heteroatoms. The lowest BCUT2D eigenvalue weighted by Crippen LogP contribution is -1.98. The first kappa shape index (κ1) is 13.0. The van der Waals surface area contributed by atoms with Crippen LogP contribution in [0.15, 0.2) is 40.9 Å². The molecule has 0 spiro atoms. The summed E-state index contributed by atoms with van der Waals surface area (Å²) >= 11 is 3.22. The molecule has 0 amide bonds. The first-order chi connectivity index (χ1) is 8.54. The molecular weight excluding hydrogens is 302 g/mol. The van der Waals surface area contributed by atoms with Crippen LogP contribution in [0.1, 0.15) is 11.1 Å². The number of halogens is 3. The zero-order valence-corrected chi connectivity index (χ0v) is 11.3. The molecule has 1 nitrogen and oxygen atoms in total. The Kier molecular flexibility index (Phi) is 3.97. The van der Waals surface area contributed by atoms with Crippen molar-refractivity contribution in [1.29, 1.82) is 0 Å². The first-order valence-corrected chi connectivity index (χ1v) is 6.18. The molecule has 0 bridgehead atoms. The van der Waals surface area contributed by atoms with Crippen molar-refractivity contribution in [3.8, 4) is 5.75 Å². The van der Waals surface area contributed by atoms with Gasteiger partial charge in [-0.25, -0.2) is 8.78 Å². The summed E-state index contributed by atoms with van der Waals surface area (Å²) in [4.78, 5) is 0. The van der Waals surface area contributed by atoms with E-state index in [1.165, 1.54) is 24.3 Å². The summed E-state index contributed by atoms with van der Waals surface area (Å²) in [5.74, 6) is -0.0241. The Labute approximate surface area is 113 Å². The third-order valence-electron chi connectivity index (χ3n) is 2.45. The summed E-state index contributed by atoms with van der Waals surface area (Å²) in [5.41, 5.74) is 1.43. The van der Waals surface area contributed by atoms with Crippen LogP contribution in [-0.4, -0.2) is 0 Å². The molecule has 0 aliphatic rings. The van der Waals surface area contributed by atoms with Gasteiger partial charge in [0.15, 0.2) is 0 Å². The molecule has 0 radical (unpaired) electrons. The van der Waals surface area contributed by atoms with Gasteiger partial charge in [0.05, 0.1) is 0 Å². The average Bonchev–Trinajstić information content (AvgIpc) is 2.26. The number of aryl methyl sites for hydroxylation is 1. The van der Waals surface area contributed by atoms with E-state index in [2.05, 4.69) is 15.9 Å². The summed E-state index contributed by atoms with van der Waals surface area (Å²) in [7, 11) is 0. The monoisotopic (exact) mass is 312 g/mol. The summed E-state index contributed by atoms with van der Waals surface area (Å²) in [6, 6.07) is 8.87. The number of ether oxygens (including phenoxy) is 1. The van der Waals surface area contributed by atoms with Crippen LogP contribution in [0.25, 0.3) is 0 Å². The van der Waals surface area contributed by atoms with Gasteiger partial charge in [-0.3, -0.25) is 0 Å². The summed E-state index contributed by atoms with van der Waals surface area (Å²) in [6.45, 7) is 2.00. The highest BCUT2D eigenvalue weighted by Gasteiger charge is 2.03. The smallest absolute Gasteiger partial charge is 0.124 e. The lowest BCUT2D eigenvalue weighted by Gasteiger charge is -2.09. The predicted molar refractivity (Wildman–Crippen MR) is 69.6 cm³/mol. The van der Waals surface area contributed by atoms with Crippen molar-refractivity contribution >= 4 is 15.9 Å². The van der Waals surface area contributed by atoms with Crippen molar-refractivity contribution in [3.63, 3.8) is 0 Å². The van der Waals surface area contributed by atoms with Gasteiger partial charge in [-0.2, -0.15) is 0 Å². The Balaban J connectivity index is 2.11. The standard InChI is InChI=1S/C14H11BrF2O/c1-9-4-12(16)2-3-14(9)18-8-10-5-11(15)7-13(17)6-10/h2-7H,8H2,1H3. The van der Waals surface area contributed by atoms with Gasteiger partial charge in [0, 0.05) is 4.47 Å². The quantitative estimate of drug-likeness (QED) is 0.804. The molecule has 2 aromatic rings. The normalized spacial score (nSPS) is 10.4. The number of hydrogen-bond donors (Lipinski definition) is 0. The predicted octanol–water partition coefficient (Wildman–Crippen LogP) is 4.61. The highest BCUT2D eigenvalue weighted by Crippen LogP contribution is 2.21. The molecule has 18 heavy (non-hydrogen) atoms. The van der Waals surface area contributed by atoms with E-state index in [1.807, 2.05) is 0 Å². The molecule has 0 aromatic heterocycles. The minimum Gasteiger partial charge on any atom is -0.489 e. The largest absolute Gasteiger partial charge is 0.489 e. The molecule has 0 N–H and O–H groups in total. The van der Waals surface area contributed by atoms with E-state index in [9.17, 15) is 8.78 Å². The van der Waals surface area contributed by atoms with E-state index in [0.717, 1.165) is 0 Å². The average molecular weight is 313 g/mol. The molecule has 2 rings (SSSR count). The van der Waals surface area contributed by atoms with Gasteiger partial charge in [-0.1, -0.05) is 15.9 Å². The fraction of sp³-hybridized carbons (Fsp3) is 0.143. The molecule has 0 fully saturated rings. The van der Waals surface area contributed by atoms with Crippen LogP contribution in [0.3, 0.4) is 0 Å². The highest BCUT2D eigenvalue weighted by atomic mass is 79.9. The molecule has 0 aliphatic carbocycles. The van der Waals surface area contributed by atoms with Gasteiger partial charge in [0.25, 0.3) is 0 Å². The Bertz CT molecular complexity index is 549. The fourth-order valence-corrected chi connectivity index (χ4v) is 2.14. The maximum Gasteiger partial charge on any atom is 0.124 e. The van der Waals surface area contributed by atoms with Crippen LogP contribution in [0, 0.1) is 18.6 Å². The van der Waals surface area contributed by atoms with Crippen LogP contribution in [0.4, 0.5) is 8.78 Å². The number of rotatable bonds is 3. The maximum atomic E-state index is 13.2. The summed E-state index contributed by atoms with van der Waals surface area (Å²) in [5, 5.41) is 0. The van der Waals surface area contributed by atoms with E-state index < -0.39 is 0 Å². The van der Waals surface area contributed by atoms with E-state index in [-0.39, 0.29) is 18.2 Å². The van der Waals surface area contributed by atoms with Crippen LogP contribution >= 0.6 is 15.9 Å². The first-order valence-electron chi connectivity index (χ1n) is 5.38. The van der Waals surface area contributed by atoms with Crippen LogP contribution in [-0.2, 0) is 6.61 Å². The second-order valence-corrected chi connectivity index (χ2v) is 4.89. The molecule has 94 valence electrons. The molecule has 2 aromatic carbocycles. The minimum absolute atomic E-state index is 0.239. The van der Waals surface area contributed by atoms with Crippen LogP contribution in [0.5, 0.6) is 5.75 Å². The lowest BCUT2D eigenvalue weighted by atomic mass is 10.2. The Morgan fingerprint density at radius 2 is 1.83 bits per heavy atom. The van der Waals surface area contributed by atoms with Crippen molar-refractivity contribution in [2.24, 2.45) is 0 Å². The molecular formula is C14H11BrF2O. The van der Waals surface area contributed by atoms with Gasteiger partial charge in [0.1, 0.15) is 24.0 Å². The maximum absolute atomic E-state index is 13.2. The van der Waals surface area contributed by atoms with Gasteiger partial charge < -0.3 is 4.74 Å². The minimum atomic E-state index is -0.321. The summed E-state index contributed by atoms with van der Waals surface area (Å²) < 4.78 is 32.3. The Hall–Kier alpha value is -1.42. The third-order valence-corrected chi connectivity index (χ3v) is 2.91. The topological polar surface area (TPSA) is 9.23 Å². The van der Waals surface area contributed by atoms with E-state index in [0.29, 0.717) is 21.3 Å².